The number of carboxylic acid groups (broad SMARTS) is 1. The van der Waals surface area contributed by atoms with Crippen LogP contribution in [0.4, 0.5) is 0 Å². The van der Waals surface area contributed by atoms with Crippen LogP contribution in [0.15, 0.2) is 0 Å². The second-order valence-corrected chi connectivity index (χ2v) is 12.3. The zero-order valence-corrected chi connectivity index (χ0v) is 33.0. The summed E-state index contributed by atoms with van der Waals surface area (Å²) in [5.74, 6) is -1.53. The quantitative estimate of drug-likeness (QED) is 0.0660. The van der Waals surface area contributed by atoms with Gasteiger partial charge in [-0.25, -0.2) is 0 Å². The lowest BCUT2D eigenvalue weighted by Crippen LogP contribution is -2.25. The standard InChI is InChI=1S/C36H69NO17/c1-36(2,3)54-35(41)7-10-43-12-14-45-16-18-47-20-22-49-24-26-51-28-30-53-32-31-52-29-27-50-25-23-48-21-19-46-17-15-44-13-11-42-9-4-8-37-33(38)5-6-34(39)40/h4-32H2,1-3H3,(H,37,38)(H,39,40). The van der Waals surface area contributed by atoms with Crippen LogP contribution in [-0.2, 0) is 76.0 Å². The molecule has 18 heteroatoms. The van der Waals surface area contributed by atoms with Crippen LogP contribution in [0.3, 0.4) is 0 Å². The van der Waals surface area contributed by atoms with Crippen LogP contribution in [-0.4, -0.2) is 194 Å². The van der Waals surface area contributed by atoms with Crippen LogP contribution < -0.4 is 5.32 Å². The fraction of sp³-hybridized carbons (Fsp3) is 0.917. The third-order valence-corrected chi connectivity index (χ3v) is 6.32. The van der Waals surface area contributed by atoms with Crippen LogP contribution in [0.25, 0.3) is 0 Å². The summed E-state index contributed by atoms with van der Waals surface area (Å²) >= 11 is 0. The van der Waals surface area contributed by atoms with Crippen molar-refractivity contribution in [1.29, 1.82) is 0 Å². The largest absolute Gasteiger partial charge is 0.481 e. The molecule has 18 nitrogen and oxygen atoms in total. The Morgan fingerprint density at radius 3 is 0.963 bits per heavy atom. The van der Waals surface area contributed by atoms with Crippen molar-refractivity contribution in [3.05, 3.63) is 0 Å². The number of aliphatic carboxylic acids is 1. The minimum absolute atomic E-state index is 0.0144. The molecule has 0 aliphatic heterocycles. The van der Waals surface area contributed by atoms with Gasteiger partial charge in [0.2, 0.25) is 5.91 Å². The van der Waals surface area contributed by atoms with E-state index in [2.05, 4.69) is 5.32 Å². The Kier molecular flexibility index (Phi) is 39.0. The molecule has 0 aromatic carbocycles. The normalized spacial score (nSPS) is 11.6. The molecular formula is C36H69NO17. The van der Waals surface area contributed by atoms with Gasteiger partial charge in [0, 0.05) is 19.6 Å². The highest BCUT2D eigenvalue weighted by atomic mass is 16.6. The number of hydrogen-bond donors (Lipinski definition) is 2. The maximum Gasteiger partial charge on any atom is 0.308 e. The summed E-state index contributed by atoms with van der Waals surface area (Å²) in [5.41, 5.74) is -0.481. The third-order valence-electron chi connectivity index (χ3n) is 6.32. The highest BCUT2D eigenvalue weighted by Gasteiger charge is 2.15. The van der Waals surface area contributed by atoms with Crippen LogP contribution in [0, 0.1) is 0 Å². The van der Waals surface area contributed by atoms with Gasteiger partial charge >= 0.3 is 11.9 Å². The van der Waals surface area contributed by atoms with Crippen molar-refractivity contribution in [1.82, 2.24) is 5.32 Å². The first-order valence-corrected chi connectivity index (χ1v) is 18.8. The van der Waals surface area contributed by atoms with Gasteiger partial charge in [0.25, 0.3) is 0 Å². The van der Waals surface area contributed by atoms with Gasteiger partial charge in [-0.15, -0.1) is 0 Å². The first kappa shape index (κ1) is 51.9. The molecule has 0 atom stereocenters. The van der Waals surface area contributed by atoms with Gasteiger partial charge in [-0.1, -0.05) is 0 Å². The first-order chi connectivity index (χ1) is 26.2. The van der Waals surface area contributed by atoms with E-state index in [1.807, 2.05) is 20.8 Å². The van der Waals surface area contributed by atoms with Crippen molar-refractivity contribution in [2.45, 2.75) is 52.1 Å². The molecule has 0 heterocycles. The minimum atomic E-state index is -0.986. The highest BCUT2D eigenvalue weighted by molar-refractivity contribution is 5.80. The number of carbonyl (C=O) groups is 3. The maximum absolute atomic E-state index is 11.6. The monoisotopic (exact) mass is 787 g/mol. The molecular weight excluding hydrogens is 718 g/mol. The van der Waals surface area contributed by atoms with Gasteiger partial charge < -0.3 is 72.0 Å². The number of nitrogens with one attached hydrogen (secondary N) is 1. The summed E-state index contributed by atoms with van der Waals surface area (Å²) < 4.78 is 70.6. The molecule has 0 aliphatic carbocycles. The van der Waals surface area contributed by atoms with Crippen LogP contribution in [0.5, 0.6) is 0 Å². The minimum Gasteiger partial charge on any atom is -0.481 e. The van der Waals surface area contributed by atoms with Gasteiger partial charge in [0.1, 0.15) is 5.60 Å². The average Bonchev–Trinajstić information content (AvgIpc) is 3.12. The van der Waals surface area contributed by atoms with Crippen molar-refractivity contribution in [2.24, 2.45) is 0 Å². The Bertz CT molecular complexity index is 847. The third kappa shape index (κ3) is 46.1. The second kappa shape index (κ2) is 40.6. The average molecular weight is 788 g/mol. The SMILES string of the molecule is CC(C)(C)OC(=O)CCOCCOCCOCCOCCOCCOCCOCCOCCOCCOCCOCCOCCCNC(=O)CCC(=O)O. The van der Waals surface area contributed by atoms with E-state index in [4.69, 9.17) is 66.7 Å². The second-order valence-electron chi connectivity index (χ2n) is 12.3. The molecule has 1 amide bonds. The number of esters is 1. The smallest absolute Gasteiger partial charge is 0.308 e. The van der Waals surface area contributed by atoms with Gasteiger partial charge in [0.15, 0.2) is 0 Å². The van der Waals surface area contributed by atoms with Crippen molar-refractivity contribution in [3.8, 4) is 0 Å². The lowest BCUT2D eigenvalue weighted by atomic mass is 10.2. The molecule has 0 saturated heterocycles. The zero-order chi connectivity index (χ0) is 39.6. The van der Waals surface area contributed by atoms with E-state index in [1.165, 1.54) is 0 Å². The Morgan fingerprint density at radius 1 is 0.407 bits per heavy atom. The van der Waals surface area contributed by atoms with Crippen molar-refractivity contribution >= 4 is 17.8 Å². The molecule has 54 heavy (non-hydrogen) atoms. The summed E-state index contributed by atoms with van der Waals surface area (Å²) in [6, 6.07) is 0. The molecule has 0 fully saturated rings. The van der Waals surface area contributed by atoms with E-state index in [0.717, 1.165) is 0 Å². The fourth-order valence-corrected chi connectivity index (χ4v) is 3.78. The number of amides is 1. The Balaban J connectivity index is 3.12. The van der Waals surface area contributed by atoms with Crippen LogP contribution >= 0.6 is 0 Å². The van der Waals surface area contributed by atoms with Gasteiger partial charge in [-0.05, 0) is 27.2 Å². The molecule has 0 radical (unpaired) electrons. The molecule has 0 aromatic rings. The van der Waals surface area contributed by atoms with Gasteiger partial charge in [0.05, 0.1) is 165 Å². The van der Waals surface area contributed by atoms with Gasteiger partial charge in [-0.3, -0.25) is 14.4 Å². The number of hydrogen-bond acceptors (Lipinski definition) is 16. The predicted octanol–water partition coefficient (Wildman–Crippen LogP) is 1.29. The maximum atomic E-state index is 11.6. The summed E-state index contributed by atoms with van der Waals surface area (Å²) in [7, 11) is 0. The molecule has 2 N–H and O–H groups in total. The summed E-state index contributed by atoms with van der Waals surface area (Å²) in [6.45, 7) is 17.0. The van der Waals surface area contributed by atoms with E-state index in [9.17, 15) is 14.4 Å². The Labute approximate surface area is 321 Å². The molecule has 0 unspecified atom stereocenters. The Hall–Kier alpha value is -2.07. The molecule has 0 bridgehead atoms. The number of rotatable bonds is 43. The van der Waals surface area contributed by atoms with E-state index < -0.39 is 11.6 Å². The van der Waals surface area contributed by atoms with Gasteiger partial charge in [-0.2, -0.15) is 0 Å². The number of carbonyl (C=O) groups excluding carboxylic acids is 2. The lowest BCUT2D eigenvalue weighted by Gasteiger charge is -2.19. The molecule has 320 valence electrons. The van der Waals surface area contributed by atoms with Crippen molar-refractivity contribution in [3.63, 3.8) is 0 Å². The zero-order valence-electron chi connectivity index (χ0n) is 33.0. The summed E-state index contributed by atoms with van der Waals surface area (Å²) in [5, 5.41) is 11.2. The summed E-state index contributed by atoms with van der Waals surface area (Å²) in [6.07, 6.45) is 0.688. The highest BCUT2D eigenvalue weighted by Crippen LogP contribution is 2.08. The lowest BCUT2D eigenvalue weighted by molar-refractivity contribution is -0.156. The fourth-order valence-electron chi connectivity index (χ4n) is 3.78. The predicted molar refractivity (Wildman–Crippen MR) is 195 cm³/mol. The number of carboxylic acids is 1. The van der Waals surface area contributed by atoms with Crippen LogP contribution in [0.1, 0.15) is 46.5 Å². The Morgan fingerprint density at radius 2 is 0.685 bits per heavy atom. The van der Waals surface area contributed by atoms with Crippen molar-refractivity contribution in [2.75, 3.05) is 165 Å². The van der Waals surface area contributed by atoms with E-state index in [-0.39, 0.29) is 31.1 Å². The van der Waals surface area contributed by atoms with E-state index >= 15 is 0 Å². The molecule has 0 saturated carbocycles. The first-order valence-electron chi connectivity index (χ1n) is 18.8. The molecule has 0 aromatic heterocycles. The number of ether oxygens (including phenoxy) is 13. The molecule has 0 aliphatic rings. The van der Waals surface area contributed by atoms with Crippen molar-refractivity contribution < 1.29 is 81.1 Å². The van der Waals surface area contributed by atoms with E-state index in [1.54, 1.807) is 0 Å². The summed E-state index contributed by atoms with van der Waals surface area (Å²) in [4.78, 5) is 33.4. The molecule has 0 spiro atoms. The van der Waals surface area contributed by atoms with Crippen LogP contribution in [0.2, 0.25) is 0 Å². The van der Waals surface area contributed by atoms with E-state index in [0.29, 0.717) is 172 Å². The molecule has 0 rings (SSSR count). The topological polar surface area (TPSA) is 203 Å².